The van der Waals surface area contributed by atoms with Crippen LogP contribution in [0.3, 0.4) is 0 Å². The third kappa shape index (κ3) is 26.7. The Morgan fingerprint density at radius 2 is 0.951 bits per heavy atom. The normalized spacial score (nSPS) is 13.8. The van der Waals surface area contributed by atoms with Crippen molar-refractivity contribution >= 4 is 5.97 Å². The maximum atomic E-state index is 11.8. The Bertz CT molecular complexity index is 514. The minimum Gasteiger partial charge on any atom is -0.466 e. The zero-order chi connectivity index (χ0) is 30.2. The van der Waals surface area contributed by atoms with Crippen LogP contribution in [0.5, 0.6) is 0 Å². The first-order chi connectivity index (χ1) is 20.1. The Hall–Kier alpha value is -0.650. The summed E-state index contributed by atoms with van der Waals surface area (Å²) in [6.45, 7) is 14.1. The zero-order valence-electron chi connectivity index (χ0n) is 28.4. The van der Waals surface area contributed by atoms with Crippen molar-refractivity contribution in [2.24, 2.45) is 0 Å². The summed E-state index contributed by atoms with van der Waals surface area (Å²) in [5.41, 5.74) is 0. The quantitative estimate of drug-likeness (QED) is 0.0567. The molecule has 0 aromatic carbocycles. The Morgan fingerprint density at radius 3 is 1.56 bits per heavy atom. The van der Waals surface area contributed by atoms with E-state index in [9.17, 15) is 4.79 Å². The molecule has 5 heteroatoms. The molecule has 0 heterocycles. The summed E-state index contributed by atoms with van der Waals surface area (Å²) in [6.07, 6.45) is 26.4. The van der Waals surface area contributed by atoms with Crippen molar-refractivity contribution in [2.75, 3.05) is 26.4 Å². The van der Waals surface area contributed by atoms with E-state index in [1.54, 1.807) is 0 Å². The molecule has 246 valence electrons. The fourth-order valence-corrected chi connectivity index (χ4v) is 5.24. The monoisotopic (exact) mass is 585 g/mol. The van der Waals surface area contributed by atoms with E-state index in [-0.39, 0.29) is 24.3 Å². The van der Waals surface area contributed by atoms with Gasteiger partial charge >= 0.3 is 5.97 Å². The number of ether oxygens (including phenoxy) is 4. The van der Waals surface area contributed by atoms with Gasteiger partial charge < -0.3 is 18.9 Å². The van der Waals surface area contributed by atoms with Crippen LogP contribution in [0.15, 0.2) is 0 Å². The summed E-state index contributed by atoms with van der Waals surface area (Å²) in [5.74, 6) is -0.0448. The van der Waals surface area contributed by atoms with Crippen LogP contribution < -0.4 is 0 Å². The number of carbonyl (C=O) groups is 1. The molecule has 0 amide bonds. The van der Waals surface area contributed by atoms with E-state index in [1.807, 2.05) is 6.92 Å². The maximum Gasteiger partial charge on any atom is 0.305 e. The Kier molecular flexibility index (Phi) is 31.8. The number of hydrogen-bond donors (Lipinski definition) is 0. The first-order valence-corrected chi connectivity index (χ1v) is 18.1. The van der Waals surface area contributed by atoms with Crippen LogP contribution in [0, 0.1) is 0 Å². The van der Waals surface area contributed by atoms with E-state index in [0.29, 0.717) is 13.0 Å². The standard InChI is InChI=1S/C36H72O5/c1-6-11-15-19-25-33(38-29-22-12-7-2)32-35(40-31-24-14-9-4)34(39-30-23-13-8-3)26-20-17-16-18-21-27-36(37)41-28-10-5/h33-35H,6-32H2,1-5H3. The molecular formula is C36H72O5. The molecule has 0 bridgehead atoms. The first-order valence-electron chi connectivity index (χ1n) is 18.1. The molecule has 0 rings (SSSR count). The zero-order valence-corrected chi connectivity index (χ0v) is 28.4. The van der Waals surface area contributed by atoms with Crippen LogP contribution >= 0.6 is 0 Å². The molecule has 3 atom stereocenters. The van der Waals surface area contributed by atoms with Crippen molar-refractivity contribution in [2.45, 2.75) is 201 Å². The third-order valence-electron chi connectivity index (χ3n) is 7.89. The van der Waals surface area contributed by atoms with Gasteiger partial charge in [-0.1, -0.05) is 125 Å². The van der Waals surface area contributed by atoms with Crippen molar-refractivity contribution in [1.29, 1.82) is 0 Å². The van der Waals surface area contributed by atoms with Crippen molar-refractivity contribution in [3.8, 4) is 0 Å². The summed E-state index contributed by atoms with van der Waals surface area (Å²) in [4.78, 5) is 11.8. The van der Waals surface area contributed by atoms with Crippen molar-refractivity contribution < 1.29 is 23.7 Å². The van der Waals surface area contributed by atoms with Crippen LogP contribution in [0.1, 0.15) is 182 Å². The van der Waals surface area contributed by atoms with E-state index in [4.69, 9.17) is 18.9 Å². The summed E-state index contributed by atoms with van der Waals surface area (Å²) in [5, 5.41) is 0. The van der Waals surface area contributed by atoms with Crippen molar-refractivity contribution in [3.63, 3.8) is 0 Å². The SMILES string of the molecule is CCCCCCC(CC(OCCCCC)C(CCCCCCCC(=O)OCCC)OCCCCC)OCCCCC. The van der Waals surface area contributed by atoms with Crippen LogP contribution in [-0.2, 0) is 23.7 Å². The van der Waals surface area contributed by atoms with E-state index in [1.165, 1.54) is 70.6 Å². The van der Waals surface area contributed by atoms with Crippen molar-refractivity contribution in [3.05, 3.63) is 0 Å². The van der Waals surface area contributed by atoms with Crippen molar-refractivity contribution in [1.82, 2.24) is 0 Å². The topological polar surface area (TPSA) is 54.0 Å². The van der Waals surface area contributed by atoms with E-state index in [0.717, 1.165) is 90.4 Å². The maximum absolute atomic E-state index is 11.8. The molecule has 0 spiro atoms. The van der Waals surface area contributed by atoms with Gasteiger partial charge in [-0.25, -0.2) is 0 Å². The van der Waals surface area contributed by atoms with Gasteiger partial charge in [0.1, 0.15) is 0 Å². The van der Waals surface area contributed by atoms with Gasteiger partial charge in [-0.3, -0.25) is 4.79 Å². The van der Waals surface area contributed by atoms with Gasteiger partial charge in [0, 0.05) is 32.7 Å². The lowest BCUT2D eigenvalue weighted by Gasteiger charge is -2.31. The highest BCUT2D eigenvalue weighted by molar-refractivity contribution is 5.69. The third-order valence-corrected chi connectivity index (χ3v) is 7.89. The van der Waals surface area contributed by atoms with Gasteiger partial charge in [0.05, 0.1) is 24.9 Å². The van der Waals surface area contributed by atoms with Crippen LogP contribution in [0.4, 0.5) is 0 Å². The molecule has 0 aromatic heterocycles. The highest BCUT2D eigenvalue weighted by Gasteiger charge is 2.27. The van der Waals surface area contributed by atoms with Gasteiger partial charge in [-0.2, -0.15) is 0 Å². The van der Waals surface area contributed by atoms with E-state index < -0.39 is 0 Å². The second-order valence-corrected chi connectivity index (χ2v) is 12.0. The smallest absolute Gasteiger partial charge is 0.305 e. The van der Waals surface area contributed by atoms with E-state index >= 15 is 0 Å². The fourth-order valence-electron chi connectivity index (χ4n) is 5.24. The molecule has 0 aliphatic carbocycles. The summed E-state index contributed by atoms with van der Waals surface area (Å²) in [7, 11) is 0. The average molecular weight is 585 g/mol. The molecule has 0 aliphatic heterocycles. The van der Waals surface area contributed by atoms with Crippen LogP contribution in [0.25, 0.3) is 0 Å². The van der Waals surface area contributed by atoms with E-state index in [2.05, 4.69) is 27.7 Å². The van der Waals surface area contributed by atoms with Gasteiger partial charge in [-0.15, -0.1) is 0 Å². The van der Waals surface area contributed by atoms with Gasteiger partial charge in [0.25, 0.3) is 0 Å². The predicted octanol–water partition coefficient (Wildman–Crippen LogP) is 10.8. The molecule has 0 saturated heterocycles. The van der Waals surface area contributed by atoms with Gasteiger partial charge in [0.15, 0.2) is 0 Å². The molecule has 0 radical (unpaired) electrons. The Labute approximate surface area is 256 Å². The van der Waals surface area contributed by atoms with Crippen LogP contribution in [-0.4, -0.2) is 50.7 Å². The lowest BCUT2D eigenvalue weighted by atomic mass is 9.97. The average Bonchev–Trinajstić information content (AvgIpc) is 2.98. The van der Waals surface area contributed by atoms with Gasteiger partial charge in [-0.05, 0) is 44.9 Å². The number of hydrogen-bond acceptors (Lipinski definition) is 5. The number of carbonyl (C=O) groups excluding carboxylic acids is 1. The molecule has 0 N–H and O–H groups in total. The predicted molar refractivity (Wildman–Crippen MR) is 175 cm³/mol. The molecule has 0 aliphatic rings. The number of unbranched alkanes of at least 4 members (excludes halogenated alkanes) is 13. The molecule has 5 nitrogen and oxygen atoms in total. The molecule has 41 heavy (non-hydrogen) atoms. The largest absolute Gasteiger partial charge is 0.466 e. The molecular weight excluding hydrogens is 512 g/mol. The molecule has 0 saturated carbocycles. The number of rotatable bonds is 33. The lowest BCUT2D eigenvalue weighted by Crippen LogP contribution is -2.36. The lowest BCUT2D eigenvalue weighted by molar-refractivity contribution is -0.143. The minimum atomic E-state index is -0.0448. The molecule has 3 unspecified atom stereocenters. The number of esters is 1. The van der Waals surface area contributed by atoms with Crippen LogP contribution in [0.2, 0.25) is 0 Å². The molecule has 0 fully saturated rings. The first kappa shape index (κ1) is 40.4. The highest BCUT2D eigenvalue weighted by atomic mass is 16.5. The second-order valence-electron chi connectivity index (χ2n) is 12.0. The fraction of sp³-hybridized carbons (Fsp3) is 0.972. The summed E-state index contributed by atoms with van der Waals surface area (Å²) >= 11 is 0. The minimum absolute atomic E-state index is 0.0448. The highest BCUT2D eigenvalue weighted by Crippen LogP contribution is 2.23. The summed E-state index contributed by atoms with van der Waals surface area (Å²) in [6, 6.07) is 0. The Balaban J connectivity index is 5.12. The Morgan fingerprint density at radius 1 is 0.463 bits per heavy atom. The molecule has 0 aromatic rings. The van der Waals surface area contributed by atoms with Gasteiger partial charge in [0.2, 0.25) is 0 Å². The summed E-state index contributed by atoms with van der Waals surface area (Å²) < 4.78 is 25.0. The second kappa shape index (κ2) is 32.3.